The monoisotopic (exact) mass is 272 g/mol. The van der Waals surface area contributed by atoms with Gasteiger partial charge in [-0.1, -0.05) is 17.8 Å². The molecule has 0 saturated carbocycles. The Morgan fingerprint density at radius 3 is 2.89 bits per heavy atom. The number of anilines is 1. The summed E-state index contributed by atoms with van der Waals surface area (Å²) in [7, 11) is 0. The van der Waals surface area contributed by atoms with Crippen molar-refractivity contribution in [1.82, 2.24) is 4.98 Å². The van der Waals surface area contributed by atoms with Crippen LogP contribution in [0.4, 0.5) is 5.69 Å². The van der Waals surface area contributed by atoms with Crippen LogP contribution in [0.15, 0.2) is 51.0 Å². The van der Waals surface area contributed by atoms with Gasteiger partial charge >= 0.3 is 0 Å². The molecule has 2 heterocycles. The van der Waals surface area contributed by atoms with Crippen molar-refractivity contribution in [1.29, 1.82) is 0 Å². The molecule has 0 saturated heterocycles. The van der Waals surface area contributed by atoms with Gasteiger partial charge in [0, 0.05) is 33.2 Å². The second-order valence-corrected chi connectivity index (χ2v) is 6.35. The number of rotatable bonds is 2. The molecule has 0 aliphatic rings. The van der Waals surface area contributed by atoms with Crippen LogP contribution in [-0.4, -0.2) is 4.98 Å². The van der Waals surface area contributed by atoms with Gasteiger partial charge in [-0.15, -0.1) is 11.3 Å². The molecule has 18 heavy (non-hydrogen) atoms. The minimum Gasteiger partial charge on any atom is -0.398 e. The number of benzene rings is 1. The Morgan fingerprint density at radius 1 is 1.22 bits per heavy atom. The topological polar surface area (TPSA) is 38.9 Å². The van der Waals surface area contributed by atoms with Gasteiger partial charge in [0.1, 0.15) is 0 Å². The molecular formula is C14H12N2S2. The lowest BCUT2D eigenvalue weighted by Gasteiger charge is -2.08. The van der Waals surface area contributed by atoms with Crippen LogP contribution < -0.4 is 5.73 Å². The van der Waals surface area contributed by atoms with Gasteiger partial charge in [-0.25, -0.2) is 0 Å². The van der Waals surface area contributed by atoms with Crippen LogP contribution in [0.5, 0.6) is 0 Å². The zero-order valence-electron chi connectivity index (χ0n) is 9.88. The van der Waals surface area contributed by atoms with Gasteiger partial charge in [-0.05, 0) is 36.6 Å². The smallest absolute Gasteiger partial charge is 0.0646 e. The summed E-state index contributed by atoms with van der Waals surface area (Å²) in [6.45, 7) is 2.00. The van der Waals surface area contributed by atoms with E-state index in [1.807, 2.05) is 19.2 Å². The highest BCUT2D eigenvalue weighted by Crippen LogP contribution is 2.37. The summed E-state index contributed by atoms with van der Waals surface area (Å²) in [5.41, 5.74) is 7.80. The fourth-order valence-corrected chi connectivity index (χ4v) is 3.71. The summed E-state index contributed by atoms with van der Waals surface area (Å²) in [5.74, 6) is 0. The first kappa shape index (κ1) is 11.6. The molecule has 0 spiro atoms. The summed E-state index contributed by atoms with van der Waals surface area (Å²) < 4.78 is 1.29. The number of aryl methyl sites for hydroxylation is 1. The summed E-state index contributed by atoms with van der Waals surface area (Å²) in [6, 6.07) is 10.3. The second-order valence-electron chi connectivity index (χ2n) is 4.06. The number of thiophene rings is 1. The Labute approximate surface area is 114 Å². The van der Waals surface area contributed by atoms with E-state index < -0.39 is 0 Å². The first-order valence-corrected chi connectivity index (χ1v) is 7.30. The highest BCUT2D eigenvalue weighted by molar-refractivity contribution is 8.01. The Bertz CT molecular complexity index is 690. The predicted octanol–water partition coefficient (Wildman–Crippen LogP) is 4.34. The number of hydrogen-bond acceptors (Lipinski definition) is 4. The fourth-order valence-electron chi connectivity index (χ4n) is 1.86. The van der Waals surface area contributed by atoms with Crippen LogP contribution >= 0.6 is 23.1 Å². The molecule has 2 nitrogen and oxygen atoms in total. The molecule has 0 aliphatic heterocycles. The fraction of sp³-hybridized carbons (Fsp3) is 0.0714. The molecule has 0 radical (unpaired) electrons. The molecular weight excluding hydrogens is 260 g/mol. The van der Waals surface area contributed by atoms with Gasteiger partial charge in [-0.2, -0.15) is 0 Å². The van der Waals surface area contributed by atoms with Crippen LogP contribution in [0.1, 0.15) is 5.69 Å². The lowest BCUT2D eigenvalue weighted by atomic mass is 10.1. The summed E-state index contributed by atoms with van der Waals surface area (Å²) in [6.07, 6.45) is 1.86. The highest BCUT2D eigenvalue weighted by Gasteiger charge is 2.07. The van der Waals surface area contributed by atoms with Gasteiger partial charge in [0.05, 0.1) is 4.21 Å². The van der Waals surface area contributed by atoms with Crippen LogP contribution in [0.2, 0.25) is 0 Å². The number of pyridine rings is 1. The van der Waals surface area contributed by atoms with E-state index in [9.17, 15) is 0 Å². The van der Waals surface area contributed by atoms with Crippen LogP contribution in [0, 0.1) is 6.92 Å². The minimum absolute atomic E-state index is 0.785. The van der Waals surface area contributed by atoms with Gasteiger partial charge < -0.3 is 5.73 Å². The SMILES string of the molecule is Cc1cc2c(Sc3cccs3)ccc(N)c2cn1. The van der Waals surface area contributed by atoms with Crippen molar-refractivity contribution in [2.75, 3.05) is 5.73 Å². The molecule has 90 valence electrons. The van der Waals surface area contributed by atoms with E-state index in [0.717, 1.165) is 16.8 Å². The van der Waals surface area contributed by atoms with E-state index in [0.29, 0.717) is 0 Å². The third-order valence-corrected chi connectivity index (χ3v) is 4.85. The highest BCUT2D eigenvalue weighted by atomic mass is 32.2. The molecule has 3 aromatic rings. The van der Waals surface area contributed by atoms with Crippen molar-refractivity contribution in [3.8, 4) is 0 Å². The molecule has 1 aromatic carbocycles. The third kappa shape index (κ3) is 2.09. The maximum Gasteiger partial charge on any atom is 0.0646 e. The second kappa shape index (κ2) is 4.63. The van der Waals surface area contributed by atoms with Crippen LogP contribution in [0.25, 0.3) is 10.8 Å². The largest absolute Gasteiger partial charge is 0.398 e. The first-order valence-electron chi connectivity index (χ1n) is 5.60. The average Bonchev–Trinajstić information content (AvgIpc) is 2.86. The van der Waals surface area contributed by atoms with Crippen molar-refractivity contribution in [3.05, 3.63) is 47.6 Å². The van der Waals surface area contributed by atoms with Crippen molar-refractivity contribution < 1.29 is 0 Å². The van der Waals surface area contributed by atoms with Crippen molar-refractivity contribution in [3.63, 3.8) is 0 Å². The molecule has 0 amide bonds. The van der Waals surface area contributed by atoms with Crippen LogP contribution in [-0.2, 0) is 0 Å². The zero-order chi connectivity index (χ0) is 12.5. The molecule has 3 rings (SSSR count). The Kier molecular flexibility index (Phi) is 2.97. The molecule has 0 aliphatic carbocycles. The third-order valence-electron chi connectivity index (χ3n) is 2.74. The maximum atomic E-state index is 6.00. The quantitative estimate of drug-likeness (QED) is 0.705. The van der Waals surface area contributed by atoms with Gasteiger partial charge in [0.25, 0.3) is 0 Å². The van der Waals surface area contributed by atoms with Crippen molar-refractivity contribution in [2.45, 2.75) is 16.0 Å². The van der Waals surface area contributed by atoms with E-state index in [1.165, 1.54) is 14.5 Å². The Balaban J connectivity index is 2.17. The molecule has 2 aromatic heterocycles. The number of aromatic nitrogens is 1. The predicted molar refractivity (Wildman–Crippen MR) is 79.3 cm³/mol. The van der Waals surface area contributed by atoms with Crippen LogP contribution in [0.3, 0.4) is 0 Å². The van der Waals surface area contributed by atoms with Crippen molar-refractivity contribution >= 4 is 39.6 Å². The molecule has 4 heteroatoms. The average molecular weight is 272 g/mol. The van der Waals surface area contributed by atoms with E-state index in [2.05, 4.69) is 34.6 Å². The number of nitrogen functional groups attached to an aromatic ring is 1. The minimum atomic E-state index is 0.785. The Hall–Kier alpha value is -1.52. The number of hydrogen-bond donors (Lipinski definition) is 1. The van der Waals surface area contributed by atoms with Gasteiger partial charge in [0.15, 0.2) is 0 Å². The first-order chi connectivity index (χ1) is 8.74. The molecule has 0 atom stereocenters. The normalized spacial score (nSPS) is 10.9. The number of nitrogens with zero attached hydrogens (tertiary/aromatic N) is 1. The molecule has 0 fully saturated rings. The van der Waals surface area contributed by atoms with Gasteiger partial charge in [0.2, 0.25) is 0 Å². The van der Waals surface area contributed by atoms with E-state index in [1.54, 1.807) is 23.1 Å². The lowest BCUT2D eigenvalue weighted by Crippen LogP contribution is -1.90. The van der Waals surface area contributed by atoms with Crippen molar-refractivity contribution in [2.24, 2.45) is 0 Å². The summed E-state index contributed by atoms with van der Waals surface area (Å²) in [4.78, 5) is 5.55. The maximum absolute atomic E-state index is 6.00. The molecule has 0 bridgehead atoms. The Morgan fingerprint density at radius 2 is 2.11 bits per heavy atom. The number of fused-ring (bicyclic) bond motifs is 1. The zero-order valence-corrected chi connectivity index (χ0v) is 11.5. The van der Waals surface area contributed by atoms with E-state index in [-0.39, 0.29) is 0 Å². The lowest BCUT2D eigenvalue weighted by molar-refractivity contribution is 1.22. The van der Waals surface area contributed by atoms with E-state index >= 15 is 0 Å². The standard InChI is InChI=1S/C14H12N2S2/c1-9-7-10-11(8-16-9)12(15)4-5-13(10)18-14-3-2-6-17-14/h2-8H,15H2,1H3. The van der Waals surface area contributed by atoms with E-state index in [4.69, 9.17) is 5.73 Å². The molecule has 0 unspecified atom stereocenters. The summed E-state index contributed by atoms with van der Waals surface area (Å²) >= 11 is 3.53. The number of nitrogens with two attached hydrogens (primary N) is 1. The summed E-state index contributed by atoms with van der Waals surface area (Å²) in [5, 5.41) is 4.30. The van der Waals surface area contributed by atoms with Gasteiger partial charge in [-0.3, -0.25) is 4.98 Å². The molecule has 2 N–H and O–H groups in total.